The number of rotatable bonds is 4. The van der Waals surface area contributed by atoms with E-state index in [0.29, 0.717) is 18.7 Å². The van der Waals surface area contributed by atoms with Crippen LogP contribution in [0.15, 0.2) is 18.2 Å². The molecule has 0 saturated carbocycles. The van der Waals surface area contributed by atoms with Crippen LogP contribution in [-0.2, 0) is 4.74 Å². The number of nitrogens with one attached hydrogen (secondary N) is 1. The summed E-state index contributed by atoms with van der Waals surface area (Å²) in [5.74, 6) is -1.56. The minimum absolute atomic E-state index is 0.184. The number of halogens is 2. The van der Waals surface area contributed by atoms with Crippen molar-refractivity contribution < 1.29 is 13.5 Å². The largest absolute Gasteiger partial charge is 0.376 e. The predicted octanol–water partition coefficient (Wildman–Crippen LogP) is 1.95. The Hall–Kier alpha value is -1.04. The standard InChI is InChI=1S/C14H20F2N2O/c1-10-8-18(6-7-19-10)9-13(17-2)11-4-3-5-12(15)14(11)16/h3-5,10,13,17H,6-9H2,1-2H3. The Bertz CT molecular complexity index is 428. The Morgan fingerprint density at radius 1 is 1.47 bits per heavy atom. The van der Waals surface area contributed by atoms with Crippen LogP contribution >= 0.6 is 0 Å². The van der Waals surface area contributed by atoms with E-state index in [-0.39, 0.29) is 12.1 Å². The SMILES string of the molecule is CNC(CN1CCOC(C)C1)c1cccc(F)c1F. The van der Waals surface area contributed by atoms with Crippen molar-refractivity contribution >= 4 is 0 Å². The monoisotopic (exact) mass is 270 g/mol. The van der Waals surface area contributed by atoms with Crippen LogP contribution in [0.4, 0.5) is 8.78 Å². The van der Waals surface area contributed by atoms with Crippen molar-refractivity contribution in [2.24, 2.45) is 0 Å². The second-order valence-corrected chi connectivity index (χ2v) is 4.93. The second kappa shape index (κ2) is 6.41. The number of hydrogen-bond donors (Lipinski definition) is 1. The molecule has 1 aliphatic heterocycles. The Balaban J connectivity index is 2.09. The molecule has 0 bridgehead atoms. The van der Waals surface area contributed by atoms with Crippen molar-refractivity contribution in [1.82, 2.24) is 10.2 Å². The molecule has 1 aliphatic rings. The molecule has 0 amide bonds. The lowest BCUT2D eigenvalue weighted by molar-refractivity contribution is -0.0209. The maximum atomic E-state index is 13.8. The lowest BCUT2D eigenvalue weighted by Gasteiger charge is -2.33. The molecule has 2 rings (SSSR count). The maximum absolute atomic E-state index is 13.8. The Morgan fingerprint density at radius 2 is 2.26 bits per heavy atom. The third kappa shape index (κ3) is 3.49. The van der Waals surface area contributed by atoms with Gasteiger partial charge in [0.15, 0.2) is 11.6 Å². The van der Waals surface area contributed by atoms with Crippen molar-refractivity contribution in [2.75, 3.05) is 33.3 Å². The molecular weight excluding hydrogens is 250 g/mol. The summed E-state index contributed by atoms with van der Waals surface area (Å²) in [6.45, 7) is 4.98. The van der Waals surface area contributed by atoms with Gasteiger partial charge in [-0.1, -0.05) is 12.1 Å². The van der Waals surface area contributed by atoms with Crippen molar-refractivity contribution in [2.45, 2.75) is 19.1 Å². The number of benzene rings is 1. The summed E-state index contributed by atoms with van der Waals surface area (Å²) < 4.78 is 32.6. The van der Waals surface area contributed by atoms with Gasteiger partial charge in [-0.25, -0.2) is 8.78 Å². The molecule has 1 aromatic carbocycles. The van der Waals surface area contributed by atoms with Crippen LogP contribution in [0.25, 0.3) is 0 Å². The average Bonchev–Trinajstić information content (AvgIpc) is 2.40. The summed E-state index contributed by atoms with van der Waals surface area (Å²) in [7, 11) is 1.76. The topological polar surface area (TPSA) is 24.5 Å². The molecule has 1 N–H and O–H groups in total. The van der Waals surface area contributed by atoms with E-state index < -0.39 is 11.6 Å². The number of likely N-dealkylation sites (N-methyl/N-ethyl adjacent to an activating group) is 1. The predicted molar refractivity (Wildman–Crippen MR) is 70.0 cm³/mol. The van der Waals surface area contributed by atoms with Gasteiger partial charge in [-0.2, -0.15) is 0 Å². The van der Waals surface area contributed by atoms with E-state index in [1.165, 1.54) is 0 Å². The highest BCUT2D eigenvalue weighted by molar-refractivity contribution is 5.23. The molecule has 2 unspecified atom stereocenters. The minimum atomic E-state index is -0.798. The van der Waals surface area contributed by atoms with E-state index in [2.05, 4.69) is 10.2 Å². The van der Waals surface area contributed by atoms with Crippen molar-refractivity contribution in [3.05, 3.63) is 35.4 Å². The van der Waals surface area contributed by atoms with Crippen LogP contribution in [0.1, 0.15) is 18.5 Å². The molecule has 0 aromatic heterocycles. The summed E-state index contributed by atoms with van der Waals surface area (Å²) in [6, 6.07) is 4.09. The average molecular weight is 270 g/mol. The van der Waals surface area contributed by atoms with E-state index in [9.17, 15) is 8.78 Å². The third-order valence-electron chi connectivity index (χ3n) is 3.47. The first-order valence-corrected chi connectivity index (χ1v) is 6.57. The minimum Gasteiger partial charge on any atom is -0.376 e. The van der Waals surface area contributed by atoms with E-state index in [0.717, 1.165) is 19.2 Å². The summed E-state index contributed by atoms with van der Waals surface area (Å²) in [5.41, 5.74) is 0.377. The Labute approximate surface area is 112 Å². The molecule has 1 fully saturated rings. The number of morpholine rings is 1. The second-order valence-electron chi connectivity index (χ2n) is 4.93. The zero-order chi connectivity index (χ0) is 13.8. The van der Waals surface area contributed by atoms with Gasteiger partial charge in [-0.15, -0.1) is 0 Å². The smallest absolute Gasteiger partial charge is 0.163 e. The molecule has 5 heteroatoms. The van der Waals surface area contributed by atoms with E-state index in [1.54, 1.807) is 19.2 Å². The first-order chi connectivity index (χ1) is 9.11. The number of ether oxygens (including phenoxy) is 1. The summed E-state index contributed by atoms with van der Waals surface area (Å²) in [6.07, 6.45) is 0.184. The van der Waals surface area contributed by atoms with Crippen LogP contribution < -0.4 is 5.32 Å². The van der Waals surface area contributed by atoms with Crippen molar-refractivity contribution in [3.63, 3.8) is 0 Å². The molecule has 3 nitrogen and oxygen atoms in total. The fourth-order valence-corrected chi connectivity index (χ4v) is 2.45. The van der Waals surface area contributed by atoms with Gasteiger partial charge in [-0.3, -0.25) is 4.90 Å². The van der Waals surface area contributed by atoms with Gasteiger partial charge in [0, 0.05) is 31.2 Å². The highest BCUT2D eigenvalue weighted by atomic mass is 19.2. The van der Waals surface area contributed by atoms with Crippen molar-refractivity contribution in [3.8, 4) is 0 Å². The molecule has 1 heterocycles. The van der Waals surface area contributed by atoms with E-state index in [4.69, 9.17) is 4.74 Å². The van der Waals surface area contributed by atoms with Crippen LogP contribution in [-0.4, -0.2) is 44.3 Å². The van der Waals surface area contributed by atoms with Crippen LogP contribution in [0.3, 0.4) is 0 Å². The van der Waals surface area contributed by atoms with E-state index >= 15 is 0 Å². The number of nitrogens with zero attached hydrogens (tertiary/aromatic N) is 1. The molecule has 1 saturated heterocycles. The van der Waals surface area contributed by atoms with Gasteiger partial charge in [0.25, 0.3) is 0 Å². The molecule has 2 atom stereocenters. The normalized spacial score (nSPS) is 22.4. The first kappa shape index (κ1) is 14.4. The van der Waals surface area contributed by atoms with Gasteiger partial charge in [0.2, 0.25) is 0 Å². The van der Waals surface area contributed by atoms with Gasteiger partial charge in [-0.05, 0) is 20.0 Å². The molecule has 1 aromatic rings. The van der Waals surface area contributed by atoms with Crippen molar-refractivity contribution in [1.29, 1.82) is 0 Å². The highest BCUT2D eigenvalue weighted by Crippen LogP contribution is 2.21. The summed E-state index contributed by atoms with van der Waals surface area (Å²) in [4.78, 5) is 2.21. The molecule has 106 valence electrons. The lowest BCUT2D eigenvalue weighted by Crippen LogP contribution is -2.44. The Morgan fingerprint density at radius 3 is 2.95 bits per heavy atom. The van der Waals surface area contributed by atoms with Gasteiger partial charge in [0.1, 0.15) is 0 Å². The quantitative estimate of drug-likeness (QED) is 0.905. The maximum Gasteiger partial charge on any atom is 0.163 e. The zero-order valence-electron chi connectivity index (χ0n) is 11.3. The van der Waals surface area contributed by atoms with Gasteiger partial charge < -0.3 is 10.1 Å². The molecule has 0 aliphatic carbocycles. The fourth-order valence-electron chi connectivity index (χ4n) is 2.45. The molecule has 0 spiro atoms. The van der Waals surface area contributed by atoms with Crippen LogP contribution in [0.5, 0.6) is 0 Å². The molecular formula is C14H20F2N2O. The van der Waals surface area contributed by atoms with Crippen LogP contribution in [0.2, 0.25) is 0 Å². The highest BCUT2D eigenvalue weighted by Gasteiger charge is 2.23. The molecule has 0 radical (unpaired) electrons. The molecule has 19 heavy (non-hydrogen) atoms. The lowest BCUT2D eigenvalue weighted by atomic mass is 10.0. The third-order valence-corrected chi connectivity index (χ3v) is 3.47. The summed E-state index contributed by atoms with van der Waals surface area (Å²) >= 11 is 0. The van der Waals surface area contributed by atoms with Gasteiger partial charge in [0.05, 0.1) is 12.7 Å². The zero-order valence-corrected chi connectivity index (χ0v) is 11.3. The van der Waals surface area contributed by atoms with E-state index in [1.807, 2.05) is 6.92 Å². The first-order valence-electron chi connectivity index (χ1n) is 6.57. The van der Waals surface area contributed by atoms with Crippen LogP contribution in [0, 0.1) is 11.6 Å². The Kier molecular flexibility index (Phi) is 4.85. The fraction of sp³-hybridized carbons (Fsp3) is 0.571. The number of hydrogen-bond acceptors (Lipinski definition) is 3. The van der Waals surface area contributed by atoms with Gasteiger partial charge >= 0.3 is 0 Å². The summed E-state index contributed by atoms with van der Waals surface area (Å²) in [5, 5.41) is 3.06.